The highest BCUT2D eigenvalue weighted by molar-refractivity contribution is 5.89. The van der Waals surface area contributed by atoms with E-state index in [-0.39, 0.29) is 5.91 Å². The Morgan fingerprint density at radius 2 is 2.53 bits per heavy atom. The molecule has 0 saturated carbocycles. The molecule has 0 unspecified atom stereocenters. The van der Waals surface area contributed by atoms with Gasteiger partial charge < -0.3 is 10.6 Å². The largest absolute Gasteiger partial charge is 0.316 e. The normalized spacial score (nSPS) is 20.1. The maximum Gasteiger partial charge on any atom is 0.225 e. The smallest absolute Gasteiger partial charge is 0.225 e. The maximum absolute atomic E-state index is 11.6. The zero-order valence-electron chi connectivity index (χ0n) is 8.57. The molecule has 0 radical (unpaired) electrons. The van der Waals surface area contributed by atoms with Crippen LogP contribution < -0.4 is 10.6 Å². The number of pyridine rings is 1. The lowest BCUT2D eigenvalue weighted by atomic mass is 10.0. The second-order valence-electron chi connectivity index (χ2n) is 3.83. The highest BCUT2D eigenvalue weighted by Crippen LogP contribution is 2.13. The third-order valence-corrected chi connectivity index (χ3v) is 2.57. The zero-order valence-corrected chi connectivity index (χ0v) is 8.57. The molecule has 1 aromatic heterocycles. The fourth-order valence-corrected chi connectivity index (χ4v) is 1.78. The first-order chi connectivity index (χ1) is 7.34. The highest BCUT2D eigenvalue weighted by Gasteiger charge is 2.17. The number of hydrogen-bond donors (Lipinski definition) is 2. The van der Waals surface area contributed by atoms with Gasteiger partial charge in [0.05, 0.1) is 0 Å². The number of carbonyl (C=O) groups excluding carboxylic acids is 1. The van der Waals surface area contributed by atoms with Crippen molar-refractivity contribution in [2.24, 2.45) is 5.92 Å². The molecule has 0 aliphatic carbocycles. The topological polar surface area (TPSA) is 54.0 Å². The summed E-state index contributed by atoms with van der Waals surface area (Å²) in [5, 5.41) is 6.04. The molecule has 1 amide bonds. The van der Waals surface area contributed by atoms with Crippen LogP contribution in [0, 0.1) is 5.92 Å². The van der Waals surface area contributed by atoms with Crippen molar-refractivity contribution in [3.63, 3.8) is 0 Å². The Bertz CT molecular complexity index is 320. The lowest BCUT2D eigenvalue weighted by Gasteiger charge is -2.08. The molecule has 2 N–H and O–H groups in total. The van der Waals surface area contributed by atoms with Crippen molar-refractivity contribution in [3.8, 4) is 0 Å². The molecule has 0 bridgehead atoms. The summed E-state index contributed by atoms with van der Waals surface area (Å²) in [6.07, 6.45) is 3.35. The average Bonchev–Trinajstić information content (AvgIpc) is 2.71. The summed E-state index contributed by atoms with van der Waals surface area (Å²) >= 11 is 0. The molecule has 1 atom stereocenters. The summed E-state index contributed by atoms with van der Waals surface area (Å²) in [6, 6.07) is 5.49. The first-order valence-corrected chi connectivity index (χ1v) is 5.26. The Labute approximate surface area is 89.1 Å². The van der Waals surface area contributed by atoms with E-state index in [0.29, 0.717) is 18.2 Å². The Balaban J connectivity index is 1.82. The molecule has 1 aromatic rings. The number of carbonyl (C=O) groups is 1. The van der Waals surface area contributed by atoms with E-state index in [4.69, 9.17) is 0 Å². The van der Waals surface area contributed by atoms with E-state index >= 15 is 0 Å². The maximum atomic E-state index is 11.6. The average molecular weight is 205 g/mol. The van der Waals surface area contributed by atoms with Gasteiger partial charge >= 0.3 is 0 Å². The van der Waals surface area contributed by atoms with Gasteiger partial charge in [0.25, 0.3) is 0 Å². The first kappa shape index (κ1) is 10.1. The lowest BCUT2D eigenvalue weighted by molar-refractivity contribution is -0.117. The summed E-state index contributed by atoms with van der Waals surface area (Å²) in [7, 11) is 0. The van der Waals surface area contributed by atoms with Crippen molar-refractivity contribution in [3.05, 3.63) is 24.4 Å². The molecular formula is C11H15N3O. The van der Waals surface area contributed by atoms with Crippen molar-refractivity contribution in [1.82, 2.24) is 10.3 Å². The van der Waals surface area contributed by atoms with E-state index in [2.05, 4.69) is 15.6 Å². The van der Waals surface area contributed by atoms with Gasteiger partial charge in [-0.1, -0.05) is 6.07 Å². The van der Waals surface area contributed by atoms with Crippen molar-refractivity contribution in [2.45, 2.75) is 12.8 Å². The second-order valence-corrected chi connectivity index (χ2v) is 3.83. The molecule has 2 heterocycles. The molecule has 4 nitrogen and oxygen atoms in total. The first-order valence-electron chi connectivity index (χ1n) is 5.26. The van der Waals surface area contributed by atoms with Gasteiger partial charge in [-0.3, -0.25) is 4.79 Å². The minimum atomic E-state index is 0.0578. The minimum absolute atomic E-state index is 0.0578. The van der Waals surface area contributed by atoms with E-state index < -0.39 is 0 Å². The molecule has 1 aliphatic rings. The molecule has 4 heteroatoms. The van der Waals surface area contributed by atoms with Gasteiger partial charge in [0.2, 0.25) is 5.91 Å². The van der Waals surface area contributed by atoms with Crippen molar-refractivity contribution < 1.29 is 4.79 Å². The Kier molecular flexibility index (Phi) is 3.29. The summed E-state index contributed by atoms with van der Waals surface area (Å²) in [5.74, 6) is 1.17. The number of anilines is 1. The second kappa shape index (κ2) is 4.89. The monoisotopic (exact) mass is 205 g/mol. The van der Waals surface area contributed by atoms with Crippen LogP contribution in [0.5, 0.6) is 0 Å². The summed E-state index contributed by atoms with van der Waals surface area (Å²) in [4.78, 5) is 15.6. The predicted molar refractivity (Wildman–Crippen MR) is 58.5 cm³/mol. The minimum Gasteiger partial charge on any atom is -0.316 e. The van der Waals surface area contributed by atoms with Gasteiger partial charge in [0.1, 0.15) is 5.82 Å². The summed E-state index contributed by atoms with van der Waals surface area (Å²) < 4.78 is 0. The molecular weight excluding hydrogens is 190 g/mol. The lowest BCUT2D eigenvalue weighted by Crippen LogP contribution is -2.18. The quantitative estimate of drug-likeness (QED) is 0.774. The fourth-order valence-electron chi connectivity index (χ4n) is 1.78. The van der Waals surface area contributed by atoms with Gasteiger partial charge in [-0.2, -0.15) is 0 Å². The fraction of sp³-hybridized carbons (Fsp3) is 0.455. The van der Waals surface area contributed by atoms with Crippen LogP contribution in [0.25, 0.3) is 0 Å². The van der Waals surface area contributed by atoms with E-state index in [9.17, 15) is 4.79 Å². The van der Waals surface area contributed by atoms with Crippen LogP contribution in [0.4, 0.5) is 5.82 Å². The molecule has 1 aliphatic heterocycles. The standard InChI is InChI=1S/C11H15N3O/c15-11(7-9-4-6-12-8-9)14-10-3-1-2-5-13-10/h1-3,5,9,12H,4,6-8H2,(H,13,14,15)/t9-/m0/s1. The molecule has 2 rings (SSSR count). The summed E-state index contributed by atoms with van der Waals surface area (Å²) in [6.45, 7) is 1.98. The number of rotatable bonds is 3. The molecule has 80 valence electrons. The van der Waals surface area contributed by atoms with Crippen LogP contribution >= 0.6 is 0 Å². The predicted octanol–water partition coefficient (Wildman–Crippen LogP) is 1.02. The van der Waals surface area contributed by atoms with Crippen LogP contribution in [0.3, 0.4) is 0 Å². The highest BCUT2D eigenvalue weighted by atomic mass is 16.1. The number of amides is 1. The third-order valence-electron chi connectivity index (χ3n) is 2.57. The molecule has 0 aromatic carbocycles. The SMILES string of the molecule is O=C(C[C@@H]1CCNC1)Nc1ccccn1. The van der Waals surface area contributed by atoms with Crippen LogP contribution in [0.15, 0.2) is 24.4 Å². The van der Waals surface area contributed by atoms with E-state index in [1.54, 1.807) is 12.3 Å². The zero-order chi connectivity index (χ0) is 10.5. The van der Waals surface area contributed by atoms with Crippen LogP contribution in [0.2, 0.25) is 0 Å². The van der Waals surface area contributed by atoms with Crippen LogP contribution in [-0.4, -0.2) is 24.0 Å². The molecule has 15 heavy (non-hydrogen) atoms. The van der Waals surface area contributed by atoms with Crippen LogP contribution in [-0.2, 0) is 4.79 Å². The number of nitrogens with zero attached hydrogens (tertiary/aromatic N) is 1. The van der Waals surface area contributed by atoms with Gasteiger partial charge in [-0.05, 0) is 37.6 Å². The van der Waals surface area contributed by atoms with Gasteiger partial charge in [-0.15, -0.1) is 0 Å². The van der Waals surface area contributed by atoms with Gasteiger partial charge in [0, 0.05) is 12.6 Å². The van der Waals surface area contributed by atoms with E-state index in [0.717, 1.165) is 19.5 Å². The van der Waals surface area contributed by atoms with Crippen molar-refractivity contribution in [2.75, 3.05) is 18.4 Å². The molecule has 1 fully saturated rings. The van der Waals surface area contributed by atoms with E-state index in [1.165, 1.54) is 0 Å². The number of nitrogens with one attached hydrogen (secondary N) is 2. The Morgan fingerprint density at radius 3 is 3.20 bits per heavy atom. The Hall–Kier alpha value is -1.42. The van der Waals surface area contributed by atoms with E-state index in [1.807, 2.05) is 12.1 Å². The Morgan fingerprint density at radius 1 is 1.60 bits per heavy atom. The van der Waals surface area contributed by atoms with Gasteiger partial charge in [0.15, 0.2) is 0 Å². The van der Waals surface area contributed by atoms with Crippen LogP contribution in [0.1, 0.15) is 12.8 Å². The third kappa shape index (κ3) is 3.02. The van der Waals surface area contributed by atoms with Crippen molar-refractivity contribution >= 4 is 11.7 Å². The summed E-state index contributed by atoms with van der Waals surface area (Å²) in [5.41, 5.74) is 0. The molecule has 0 spiro atoms. The van der Waals surface area contributed by atoms with Gasteiger partial charge in [-0.25, -0.2) is 4.98 Å². The van der Waals surface area contributed by atoms with Crippen molar-refractivity contribution in [1.29, 1.82) is 0 Å². The molecule has 1 saturated heterocycles. The number of aromatic nitrogens is 1. The number of hydrogen-bond acceptors (Lipinski definition) is 3.